The summed E-state index contributed by atoms with van der Waals surface area (Å²) in [6.45, 7) is 0. The molecule has 3 aliphatic rings. The number of H-pyrrole nitrogens is 1. The molecule has 1 N–H and O–H groups in total. The zero-order valence-electron chi connectivity index (χ0n) is 10.8. The summed E-state index contributed by atoms with van der Waals surface area (Å²) in [6, 6.07) is 2.68. The van der Waals surface area contributed by atoms with Crippen LogP contribution in [0.15, 0.2) is 12.1 Å². The van der Waals surface area contributed by atoms with Gasteiger partial charge in [-0.25, -0.2) is 8.78 Å². The molecule has 1 aromatic heterocycles. The second-order valence-corrected chi connectivity index (χ2v) is 6.95. The lowest BCUT2D eigenvalue weighted by Gasteiger charge is -2.11. The number of rotatable bonds is 1. The van der Waals surface area contributed by atoms with E-state index in [0.717, 1.165) is 17.9 Å². The standard InChI is InChI=1S/C15H14F2N2S/c16-8-4-9(17)13-10(5-8)19(15(20)18-13)14-11-6-1-2-7(3-6)12(11)14/h4-7,11-12,14H,1-3H2,(H,18,20). The van der Waals surface area contributed by atoms with E-state index >= 15 is 0 Å². The van der Waals surface area contributed by atoms with Crippen molar-refractivity contribution in [2.24, 2.45) is 23.7 Å². The average Bonchev–Trinajstić information content (AvgIpc) is 2.75. The molecule has 0 aliphatic heterocycles. The third kappa shape index (κ3) is 1.25. The Kier molecular flexibility index (Phi) is 2.00. The normalized spacial score (nSPS) is 37.6. The summed E-state index contributed by atoms with van der Waals surface area (Å²) in [7, 11) is 0. The summed E-state index contributed by atoms with van der Waals surface area (Å²) in [6.07, 6.45) is 3.99. The Morgan fingerprint density at radius 3 is 2.55 bits per heavy atom. The Balaban J connectivity index is 1.71. The molecule has 0 saturated heterocycles. The molecule has 5 heteroatoms. The van der Waals surface area contributed by atoms with E-state index in [1.165, 1.54) is 25.3 Å². The number of imidazole rings is 1. The lowest BCUT2D eigenvalue weighted by atomic mass is 10.0. The fourth-order valence-electron chi connectivity index (χ4n) is 5.07. The van der Waals surface area contributed by atoms with Gasteiger partial charge in [0.25, 0.3) is 0 Å². The second-order valence-electron chi connectivity index (χ2n) is 6.56. The van der Waals surface area contributed by atoms with Gasteiger partial charge in [-0.15, -0.1) is 0 Å². The number of halogens is 2. The predicted molar refractivity (Wildman–Crippen MR) is 73.9 cm³/mol. The van der Waals surface area contributed by atoms with Crippen molar-refractivity contribution in [2.45, 2.75) is 25.3 Å². The average molecular weight is 292 g/mol. The molecule has 0 radical (unpaired) electrons. The monoisotopic (exact) mass is 292 g/mol. The van der Waals surface area contributed by atoms with Gasteiger partial charge in [-0.05, 0) is 61.2 Å². The zero-order chi connectivity index (χ0) is 13.6. The molecule has 1 aromatic carbocycles. The molecule has 0 spiro atoms. The van der Waals surface area contributed by atoms with Crippen molar-refractivity contribution < 1.29 is 8.78 Å². The lowest BCUT2D eigenvalue weighted by Crippen LogP contribution is -2.05. The highest BCUT2D eigenvalue weighted by atomic mass is 32.1. The number of aromatic amines is 1. The Hall–Kier alpha value is -1.23. The van der Waals surface area contributed by atoms with Crippen molar-refractivity contribution in [3.05, 3.63) is 28.5 Å². The Morgan fingerprint density at radius 2 is 1.85 bits per heavy atom. The quantitative estimate of drug-likeness (QED) is 0.781. The van der Waals surface area contributed by atoms with Gasteiger partial charge in [0.2, 0.25) is 0 Å². The van der Waals surface area contributed by atoms with Crippen molar-refractivity contribution in [2.75, 3.05) is 0 Å². The lowest BCUT2D eigenvalue weighted by molar-refractivity contribution is 0.456. The van der Waals surface area contributed by atoms with Crippen LogP contribution in [0.4, 0.5) is 8.78 Å². The van der Waals surface area contributed by atoms with Gasteiger partial charge in [-0.3, -0.25) is 0 Å². The maximum absolute atomic E-state index is 13.8. The fourth-order valence-corrected chi connectivity index (χ4v) is 5.39. The van der Waals surface area contributed by atoms with Gasteiger partial charge in [-0.2, -0.15) is 0 Å². The molecule has 0 amide bonds. The van der Waals surface area contributed by atoms with Crippen molar-refractivity contribution in [3.8, 4) is 0 Å². The number of fused-ring (bicyclic) bond motifs is 6. The number of hydrogen-bond donors (Lipinski definition) is 1. The summed E-state index contributed by atoms with van der Waals surface area (Å²) in [5.74, 6) is 1.89. The third-order valence-corrected chi connectivity index (χ3v) is 6.04. The molecule has 3 saturated carbocycles. The summed E-state index contributed by atoms with van der Waals surface area (Å²) in [5.41, 5.74) is 0.931. The number of hydrogen-bond acceptors (Lipinski definition) is 1. The van der Waals surface area contributed by atoms with Crippen LogP contribution in [0.25, 0.3) is 11.0 Å². The highest BCUT2D eigenvalue weighted by molar-refractivity contribution is 7.71. The predicted octanol–water partition coefficient (Wildman–Crippen LogP) is 4.19. The third-order valence-electron chi connectivity index (χ3n) is 5.74. The largest absolute Gasteiger partial charge is 0.328 e. The number of nitrogens with one attached hydrogen (secondary N) is 1. The van der Waals surface area contributed by atoms with Gasteiger partial charge in [0, 0.05) is 12.1 Å². The summed E-state index contributed by atoms with van der Waals surface area (Å²) >= 11 is 5.37. The first-order chi connectivity index (χ1) is 9.65. The van der Waals surface area contributed by atoms with Crippen molar-refractivity contribution in [1.82, 2.24) is 9.55 Å². The van der Waals surface area contributed by atoms with Crippen LogP contribution in [-0.4, -0.2) is 9.55 Å². The first kappa shape index (κ1) is 11.4. The van der Waals surface area contributed by atoms with E-state index in [0.29, 0.717) is 33.7 Å². The Labute approximate surface area is 119 Å². The fraction of sp³-hybridized carbons (Fsp3) is 0.533. The highest BCUT2D eigenvalue weighted by Crippen LogP contribution is 2.71. The molecule has 1 heterocycles. The maximum atomic E-state index is 13.8. The SMILES string of the molecule is Fc1cc(F)c2[nH]c(=S)n(C3C4C5CCC(C5)C43)c2c1. The van der Waals surface area contributed by atoms with Crippen LogP contribution >= 0.6 is 12.2 Å². The minimum atomic E-state index is -0.557. The van der Waals surface area contributed by atoms with Crippen LogP contribution in [0.2, 0.25) is 0 Å². The summed E-state index contributed by atoms with van der Waals surface area (Å²) < 4.78 is 29.9. The molecule has 2 bridgehead atoms. The van der Waals surface area contributed by atoms with Crippen LogP contribution in [0.1, 0.15) is 25.3 Å². The van der Waals surface area contributed by atoms with Gasteiger partial charge in [0.1, 0.15) is 11.3 Å². The molecular weight excluding hydrogens is 278 g/mol. The van der Waals surface area contributed by atoms with E-state index in [-0.39, 0.29) is 0 Å². The number of benzene rings is 1. The number of aromatic nitrogens is 2. The molecular formula is C15H14F2N2S. The first-order valence-electron chi connectivity index (χ1n) is 7.24. The molecule has 2 nitrogen and oxygen atoms in total. The molecule has 20 heavy (non-hydrogen) atoms. The molecule has 3 fully saturated rings. The van der Waals surface area contributed by atoms with Crippen LogP contribution in [0, 0.1) is 40.1 Å². The van der Waals surface area contributed by atoms with Gasteiger partial charge in [-0.1, -0.05) is 0 Å². The van der Waals surface area contributed by atoms with E-state index in [4.69, 9.17) is 12.2 Å². The van der Waals surface area contributed by atoms with Crippen molar-refractivity contribution >= 4 is 23.3 Å². The van der Waals surface area contributed by atoms with Crippen LogP contribution < -0.4 is 0 Å². The molecule has 2 aromatic rings. The van der Waals surface area contributed by atoms with E-state index in [9.17, 15) is 8.78 Å². The zero-order valence-corrected chi connectivity index (χ0v) is 11.6. The van der Waals surface area contributed by atoms with Crippen LogP contribution in [-0.2, 0) is 0 Å². The minimum Gasteiger partial charge on any atom is -0.328 e. The molecule has 3 aliphatic carbocycles. The van der Waals surface area contributed by atoms with Crippen LogP contribution in [0.5, 0.6) is 0 Å². The van der Waals surface area contributed by atoms with Gasteiger partial charge >= 0.3 is 0 Å². The maximum Gasteiger partial charge on any atom is 0.178 e. The van der Waals surface area contributed by atoms with Gasteiger partial charge in [0.15, 0.2) is 10.6 Å². The van der Waals surface area contributed by atoms with E-state index in [1.807, 2.05) is 4.57 Å². The summed E-state index contributed by atoms with van der Waals surface area (Å²) in [4.78, 5) is 2.92. The van der Waals surface area contributed by atoms with E-state index in [2.05, 4.69) is 4.98 Å². The van der Waals surface area contributed by atoms with Gasteiger partial charge < -0.3 is 9.55 Å². The molecule has 4 unspecified atom stereocenters. The Bertz CT molecular complexity index is 777. The first-order valence-corrected chi connectivity index (χ1v) is 7.65. The summed E-state index contributed by atoms with van der Waals surface area (Å²) in [5, 5.41) is 0. The smallest absolute Gasteiger partial charge is 0.178 e. The van der Waals surface area contributed by atoms with E-state index < -0.39 is 11.6 Å². The van der Waals surface area contributed by atoms with Crippen molar-refractivity contribution in [3.63, 3.8) is 0 Å². The number of nitrogens with zero attached hydrogens (tertiary/aromatic N) is 1. The molecule has 5 rings (SSSR count). The second kappa shape index (κ2) is 3.50. The molecule has 104 valence electrons. The Morgan fingerprint density at radius 1 is 1.15 bits per heavy atom. The minimum absolute atomic E-state index is 0.341. The highest BCUT2D eigenvalue weighted by Gasteiger charge is 2.66. The topological polar surface area (TPSA) is 20.7 Å². The molecule has 4 atom stereocenters. The van der Waals surface area contributed by atoms with Crippen LogP contribution in [0.3, 0.4) is 0 Å². The van der Waals surface area contributed by atoms with Gasteiger partial charge in [0.05, 0.1) is 5.52 Å². The van der Waals surface area contributed by atoms with Crippen molar-refractivity contribution in [1.29, 1.82) is 0 Å². The van der Waals surface area contributed by atoms with E-state index in [1.54, 1.807) is 0 Å².